The van der Waals surface area contributed by atoms with E-state index in [9.17, 15) is 5.11 Å². The highest BCUT2D eigenvalue weighted by Crippen LogP contribution is 2.29. The van der Waals surface area contributed by atoms with E-state index >= 15 is 0 Å². The number of aliphatic hydroxyl groups excluding tert-OH is 1. The van der Waals surface area contributed by atoms with E-state index in [0.29, 0.717) is 17.1 Å². The maximum absolute atomic E-state index is 9.91. The summed E-state index contributed by atoms with van der Waals surface area (Å²) < 4.78 is 1.86. The van der Waals surface area contributed by atoms with Crippen molar-refractivity contribution in [2.24, 2.45) is 0 Å². The van der Waals surface area contributed by atoms with Crippen LogP contribution in [0.5, 0.6) is 0 Å². The highest BCUT2D eigenvalue weighted by atomic mass is 16.3. The van der Waals surface area contributed by atoms with E-state index in [-0.39, 0.29) is 18.6 Å². The summed E-state index contributed by atoms with van der Waals surface area (Å²) in [5.41, 5.74) is 5.86. The Bertz CT molecular complexity index is 1200. The van der Waals surface area contributed by atoms with Crippen LogP contribution in [-0.2, 0) is 6.61 Å². The molecule has 4 rings (SSSR count). The van der Waals surface area contributed by atoms with Gasteiger partial charge in [0.05, 0.1) is 41.7 Å². The number of nitrogens with one attached hydrogen (secondary N) is 1. The Morgan fingerprint density at radius 2 is 1.78 bits per heavy atom. The maximum Gasteiger partial charge on any atom is 0.152 e. The van der Waals surface area contributed by atoms with E-state index in [1.54, 1.807) is 6.33 Å². The number of aryl methyl sites for hydroxylation is 1. The highest BCUT2D eigenvalue weighted by Gasteiger charge is 2.16. The molecule has 0 amide bonds. The Morgan fingerprint density at radius 3 is 2.44 bits per heavy atom. The number of pyridine rings is 1. The number of aliphatic hydroxyl groups is 1. The number of aromatic nitrogens is 5. The summed E-state index contributed by atoms with van der Waals surface area (Å²) in [6.07, 6.45) is 3.62. The van der Waals surface area contributed by atoms with E-state index in [2.05, 4.69) is 58.4 Å². The molecule has 0 bridgehead atoms. The molecule has 0 unspecified atom stereocenters. The van der Waals surface area contributed by atoms with Gasteiger partial charge >= 0.3 is 0 Å². The zero-order valence-corrected chi connectivity index (χ0v) is 18.8. The van der Waals surface area contributed by atoms with Crippen molar-refractivity contribution < 1.29 is 5.11 Å². The van der Waals surface area contributed by atoms with Crippen LogP contribution in [0.2, 0.25) is 0 Å². The number of hydrogen-bond acceptors (Lipinski definition) is 6. The van der Waals surface area contributed by atoms with Gasteiger partial charge in [-0.25, -0.2) is 9.97 Å². The Hall–Kier alpha value is -3.58. The van der Waals surface area contributed by atoms with Gasteiger partial charge < -0.3 is 15.0 Å². The molecular weight excluding hydrogens is 400 g/mol. The fraction of sp³-hybridized carbons (Fsp3) is 0.280. The SMILES string of the molecule is Cc1cn(-c2ccc(-c3cc(C(C)C)c(N[C@@H](C)c4ccccc4)nn3)nc2CO)cn1. The summed E-state index contributed by atoms with van der Waals surface area (Å²) in [6, 6.07) is 16.2. The third-order valence-corrected chi connectivity index (χ3v) is 5.45. The number of imidazole rings is 1. The number of rotatable bonds is 7. The number of hydrogen-bond donors (Lipinski definition) is 2. The molecule has 32 heavy (non-hydrogen) atoms. The van der Waals surface area contributed by atoms with Gasteiger partial charge in [-0.15, -0.1) is 10.2 Å². The Kier molecular flexibility index (Phi) is 6.28. The van der Waals surface area contributed by atoms with E-state index in [4.69, 9.17) is 0 Å². The Labute approximate surface area is 188 Å². The molecule has 0 spiro atoms. The standard InChI is InChI=1S/C25H28N6O/c1-16(2)20-12-22(29-30-25(20)27-18(4)19-8-6-5-7-9-19)21-10-11-24(23(14-32)28-21)31-13-17(3)26-15-31/h5-13,15-16,18,32H,14H2,1-4H3,(H,27,30)/t18-/m0/s1. The first-order valence-electron chi connectivity index (χ1n) is 10.8. The molecule has 4 aromatic rings. The van der Waals surface area contributed by atoms with Gasteiger partial charge in [0.2, 0.25) is 0 Å². The molecular formula is C25H28N6O. The lowest BCUT2D eigenvalue weighted by atomic mass is 10.0. The van der Waals surface area contributed by atoms with Crippen LogP contribution in [0, 0.1) is 6.92 Å². The summed E-state index contributed by atoms with van der Waals surface area (Å²) >= 11 is 0. The van der Waals surface area contributed by atoms with Gasteiger partial charge in [-0.1, -0.05) is 44.2 Å². The zero-order valence-electron chi connectivity index (χ0n) is 18.8. The van der Waals surface area contributed by atoms with Crippen molar-refractivity contribution in [2.45, 2.75) is 46.3 Å². The van der Waals surface area contributed by atoms with Gasteiger partial charge in [0.25, 0.3) is 0 Å². The minimum atomic E-state index is -0.181. The quantitative estimate of drug-likeness (QED) is 0.439. The van der Waals surface area contributed by atoms with Crippen LogP contribution in [0.1, 0.15) is 55.2 Å². The smallest absolute Gasteiger partial charge is 0.152 e. The van der Waals surface area contributed by atoms with Crippen LogP contribution in [0.25, 0.3) is 17.1 Å². The Balaban J connectivity index is 1.66. The summed E-state index contributed by atoms with van der Waals surface area (Å²) in [6.45, 7) is 8.13. The molecule has 0 radical (unpaired) electrons. The maximum atomic E-state index is 9.91. The topological polar surface area (TPSA) is 88.8 Å². The van der Waals surface area contributed by atoms with Crippen molar-refractivity contribution in [3.05, 3.63) is 83.6 Å². The second-order valence-corrected chi connectivity index (χ2v) is 8.21. The first-order chi connectivity index (χ1) is 15.5. The molecule has 1 aromatic carbocycles. The zero-order chi connectivity index (χ0) is 22.7. The van der Waals surface area contributed by atoms with Crippen LogP contribution >= 0.6 is 0 Å². The Morgan fingerprint density at radius 1 is 1.00 bits per heavy atom. The van der Waals surface area contributed by atoms with Crippen LogP contribution in [0.4, 0.5) is 5.82 Å². The lowest BCUT2D eigenvalue weighted by Crippen LogP contribution is -2.12. The van der Waals surface area contributed by atoms with E-state index in [1.165, 1.54) is 5.56 Å². The monoisotopic (exact) mass is 428 g/mol. The molecule has 0 aliphatic heterocycles. The highest BCUT2D eigenvalue weighted by molar-refractivity contribution is 5.61. The third kappa shape index (κ3) is 4.53. The average molecular weight is 429 g/mol. The molecule has 0 aliphatic carbocycles. The summed E-state index contributed by atoms with van der Waals surface area (Å²) in [5.74, 6) is 1.02. The molecule has 0 fully saturated rings. The molecule has 7 heteroatoms. The lowest BCUT2D eigenvalue weighted by Gasteiger charge is -2.19. The second-order valence-electron chi connectivity index (χ2n) is 8.21. The molecule has 3 heterocycles. The van der Waals surface area contributed by atoms with Gasteiger partial charge in [-0.2, -0.15) is 0 Å². The van der Waals surface area contributed by atoms with E-state index in [1.807, 2.05) is 54.1 Å². The van der Waals surface area contributed by atoms with Gasteiger partial charge in [0.1, 0.15) is 5.69 Å². The van der Waals surface area contributed by atoms with Gasteiger partial charge in [0.15, 0.2) is 5.82 Å². The van der Waals surface area contributed by atoms with Crippen molar-refractivity contribution in [3.63, 3.8) is 0 Å². The minimum Gasteiger partial charge on any atom is -0.390 e. The third-order valence-electron chi connectivity index (χ3n) is 5.45. The number of benzene rings is 1. The second kappa shape index (κ2) is 9.28. The van der Waals surface area contributed by atoms with Crippen LogP contribution in [-0.4, -0.2) is 29.8 Å². The van der Waals surface area contributed by atoms with Crippen molar-refractivity contribution in [1.29, 1.82) is 0 Å². The first kappa shape index (κ1) is 21.6. The van der Waals surface area contributed by atoms with Crippen LogP contribution in [0.15, 0.2) is 61.1 Å². The molecule has 3 aromatic heterocycles. The number of nitrogens with zero attached hydrogens (tertiary/aromatic N) is 5. The predicted octanol–water partition coefficient (Wildman–Crippen LogP) is 4.82. The molecule has 0 saturated carbocycles. The molecule has 2 N–H and O–H groups in total. The van der Waals surface area contributed by atoms with Gasteiger partial charge in [-0.05, 0) is 43.5 Å². The molecule has 164 valence electrons. The fourth-order valence-corrected chi connectivity index (χ4v) is 3.65. The molecule has 0 aliphatic rings. The van der Waals surface area contributed by atoms with Crippen LogP contribution in [0.3, 0.4) is 0 Å². The van der Waals surface area contributed by atoms with Gasteiger partial charge in [0, 0.05) is 11.8 Å². The molecule has 7 nitrogen and oxygen atoms in total. The van der Waals surface area contributed by atoms with Crippen molar-refractivity contribution in [1.82, 2.24) is 24.7 Å². The average Bonchev–Trinajstić information content (AvgIpc) is 3.25. The molecule has 0 saturated heterocycles. The first-order valence-corrected chi connectivity index (χ1v) is 10.8. The fourth-order valence-electron chi connectivity index (χ4n) is 3.65. The molecule has 1 atom stereocenters. The normalized spacial score (nSPS) is 12.2. The lowest BCUT2D eigenvalue weighted by molar-refractivity contribution is 0.276. The predicted molar refractivity (Wildman–Crippen MR) is 126 cm³/mol. The van der Waals surface area contributed by atoms with Gasteiger partial charge in [-0.3, -0.25) is 0 Å². The number of anilines is 1. The van der Waals surface area contributed by atoms with E-state index in [0.717, 1.165) is 22.8 Å². The van der Waals surface area contributed by atoms with Crippen LogP contribution < -0.4 is 5.32 Å². The summed E-state index contributed by atoms with van der Waals surface area (Å²) in [4.78, 5) is 8.92. The van der Waals surface area contributed by atoms with Crippen molar-refractivity contribution in [3.8, 4) is 17.1 Å². The van der Waals surface area contributed by atoms with Crippen molar-refractivity contribution >= 4 is 5.82 Å². The summed E-state index contributed by atoms with van der Waals surface area (Å²) in [5, 5.41) is 22.4. The van der Waals surface area contributed by atoms with E-state index < -0.39 is 0 Å². The van der Waals surface area contributed by atoms with Crippen molar-refractivity contribution in [2.75, 3.05) is 5.32 Å². The largest absolute Gasteiger partial charge is 0.390 e. The minimum absolute atomic E-state index is 0.103. The summed E-state index contributed by atoms with van der Waals surface area (Å²) in [7, 11) is 0.